The smallest absolute Gasteiger partial charge is 0.287 e. The molecule has 2 aromatic heterocycles. The number of anilines is 1. The molecule has 3 amide bonds. The highest BCUT2D eigenvalue weighted by molar-refractivity contribution is 6.05. The first kappa shape index (κ1) is 24.0. The molecule has 182 valence electrons. The number of carbonyl (C=O) groups excluding carboxylic acids is 4. The summed E-state index contributed by atoms with van der Waals surface area (Å²) in [6, 6.07) is 11.6. The molecule has 0 bridgehead atoms. The average Bonchev–Trinajstić information content (AvgIpc) is 3.64. The van der Waals surface area contributed by atoms with E-state index in [1.54, 1.807) is 42.5 Å². The number of ketones is 1. The predicted molar refractivity (Wildman–Crippen MR) is 127 cm³/mol. The molecular weight excluding hydrogens is 450 g/mol. The molecule has 1 aliphatic carbocycles. The number of rotatable bonds is 9. The van der Waals surface area contributed by atoms with E-state index in [0.29, 0.717) is 11.3 Å². The van der Waals surface area contributed by atoms with Crippen LogP contribution < -0.4 is 15.5 Å². The van der Waals surface area contributed by atoms with Gasteiger partial charge in [0.2, 0.25) is 5.91 Å². The Morgan fingerprint density at radius 2 is 1.74 bits per heavy atom. The van der Waals surface area contributed by atoms with Crippen LogP contribution in [0.5, 0.6) is 0 Å². The van der Waals surface area contributed by atoms with E-state index < -0.39 is 30.3 Å². The largest absolute Gasteiger partial charge is 0.467 e. The molecule has 1 aliphatic rings. The number of nitrogens with zero attached hydrogens (tertiary/aromatic N) is 1. The zero-order valence-electron chi connectivity index (χ0n) is 19.4. The summed E-state index contributed by atoms with van der Waals surface area (Å²) in [6.07, 6.45) is 6.57. The van der Waals surface area contributed by atoms with E-state index in [2.05, 4.69) is 10.6 Å². The number of amides is 3. The lowest BCUT2D eigenvalue weighted by atomic mass is 10.1. The van der Waals surface area contributed by atoms with Crippen LogP contribution >= 0.6 is 0 Å². The van der Waals surface area contributed by atoms with Crippen molar-refractivity contribution in [2.75, 3.05) is 11.4 Å². The van der Waals surface area contributed by atoms with Crippen molar-refractivity contribution in [2.45, 2.75) is 44.7 Å². The van der Waals surface area contributed by atoms with Crippen molar-refractivity contribution in [3.8, 4) is 0 Å². The lowest BCUT2D eigenvalue weighted by Gasteiger charge is -2.31. The molecule has 0 aliphatic heterocycles. The molecule has 1 atom stereocenters. The van der Waals surface area contributed by atoms with Gasteiger partial charge in [-0.1, -0.05) is 25.0 Å². The molecular formula is C26H27N3O6. The third kappa shape index (κ3) is 5.68. The number of nitrogens with one attached hydrogen (secondary N) is 2. The van der Waals surface area contributed by atoms with Crippen LogP contribution in [-0.4, -0.2) is 36.1 Å². The van der Waals surface area contributed by atoms with Gasteiger partial charge in [0.1, 0.15) is 5.76 Å². The van der Waals surface area contributed by atoms with Gasteiger partial charge in [0.15, 0.2) is 17.6 Å². The van der Waals surface area contributed by atoms with E-state index in [4.69, 9.17) is 8.83 Å². The van der Waals surface area contributed by atoms with Crippen molar-refractivity contribution in [3.05, 3.63) is 78.1 Å². The Hall–Kier alpha value is -4.14. The summed E-state index contributed by atoms with van der Waals surface area (Å²) >= 11 is 0. The quantitative estimate of drug-likeness (QED) is 0.454. The minimum absolute atomic E-state index is 0.0131. The summed E-state index contributed by atoms with van der Waals surface area (Å²) in [6.45, 7) is 1.02. The van der Waals surface area contributed by atoms with E-state index in [0.717, 1.165) is 25.7 Å². The monoisotopic (exact) mass is 477 g/mol. The lowest BCUT2D eigenvalue weighted by molar-refractivity contribution is -0.127. The molecule has 2 N–H and O–H groups in total. The third-order valence-corrected chi connectivity index (χ3v) is 5.97. The number of benzene rings is 1. The Morgan fingerprint density at radius 3 is 2.40 bits per heavy atom. The lowest BCUT2D eigenvalue weighted by Crippen LogP contribution is -2.49. The maximum absolute atomic E-state index is 13.6. The van der Waals surface area contributed by atoms with Crippen LogP contribution in [-0.2, 0) is 9.59 Å². The summed E-state index contributed by atoms with van der Waals surface area (Å²) in [5.41, 5.74) is 0.715. The summed E-state index contributed by atoms with van der Waals surface area (Å²) in [5.74, 6) is -1.38. The molecule has 4 rings (SSSR count). The molecule has 1 fully saturated rings. The van der Waals surface area contributed by atoms with E-state index in [-0.39, 0.29) is 23.3 Å². The SMILES string of the molecule is CC(=O)c1cccc(N(C(=O)CNC(=O)c2ccco2)[C@H](C(=O)NC2CCCC2)c2ccco2)c1. The van der Waals surface area contributed by atoms with Gasteiger partial charge >= 0.3 is 0 Å². The fourth-order valence-corrected chi connectivity index (χ4v) is 4.22. The van der Waals surface area contributed by atoms with Crippen LogP contribution in [0.15, 0.2) is 69.9 Å². The van der Waals surface area contributed by atoms with Gasteiger partial charge < -0.3 is 19.5 Å². The first-order valence-corrected chi connectivity index (χ1v) is 11.5. The van der Waals surface area contributed by atoms with Gasteiger partial charge in [-0.05, 0) is 56.2 Å². The van der Waals surface area contributed by atoms with Gasteiger partial charge in [-0.3, -0.25) is 24.1 Å². The van der Waals surface area contributed by atoms with Crippen molar-refractivity contribution in [1.82, 2.24) is 10.6 Å². The molecule has 0 unspecified atom stereocenters. The predicted octanol–water partition coefficient (Wildman–Crippen LogP) is 3.64. The highest BCUT2D eigenvalue weighted by Gasteiger charge is 2.36. The highest BCUT2D eigenvalue weighted by atomic mass is 16.3. The minimum Gasteiger partial charge on any atom is -0.467 e. The fourth-order valence-electron chi connectivity index (χ4n) is 4.22. The molecule has 1 aromatic carbocycles. The Kier molecular flexibility index (Phi) is 7.45. The van der Waals surface area contributed by atoms with Crippen molar-refractivity contribution in [3.63, 3.8) is 0 Å². The average molecular weight is 478 g/mol. The molecule has 0 saturated heterocycles. The second-order valence-corrected chi connectivity index (χ2v) is 8.44. The second-order valence-electron chi connectivity index (χ2n) is 8.44. The Balaban J connectivity index is 1.68. The molecule has 1 saturated carbocycles. The van der Waals surface area contributed by atoms with Gasteiger partial charge in [0.05, 0.1) is 19.1 Å². The first-order valence-electron chi connectivity index (χ1n) is 11.5. The van der Waals surface area contributed by atoms with Gasteiger partial charge in [-0.25, -0.2) is 0 Å². The Morgan fingerprint density at radius 1 is 1.00 bits per heavy atom. The number of carbonyl (C=O) groups is 4. The van der Waals surface area contributed by atoms with Gasteiger partial charge in [-0.2, -0.15) is 0 Å². The second kappa shape index (κ2) is 10.9. The van der Waals surface area contributed by atoms with Crippen LogP contribution in [0.3, 0.4) is 0 Å². The summed E-state index contributed by atoms with van der Waals surface area (Å²) in [4.78, 5) is 52.7. The number of Topliss-reactive ketones (excluding diaryl/α,β-unsaturated/α-hetero) is 1. The molecule has 0 radical (unpaired) electrons. The van der Waals surface area contributed by atoms with E-state index in [1.165, 1.54) is 30.4 Å². The van der Waals surface area contributed by atoms with Crippen LogP contribution in [0.1, 0.15) is 65.3 Å². The van der Waals surface area contributed by atoms with Crippen molar-refractivity contribution >= 4 is 29.2 Å². The molecule has 2 heterocycles. The number of hydrogen-bond acceptors (Lipinski definition) is 6. The van der Waals surface area contributed by atoms with Crippen molar-refractivity contribution < 1.29 is 28.0 Å². The normalized spacial score (nSPS) is 14.3. The fraction of sp³-hybridized carbons (Fsp3) is 0.308. The molecule has 35 heavy (non-hydrogen) atoms. The third-order valence-electron chi connectivity index (χ3n) is 5.97. The van der Waals surface area contributed by atoms with Gasteiger partial charge in [0.25, 0.3) is 11.8 Å². The van der Waals surface area contributed by atoms with E-state index in [9.17, 15) is 19.2 Å². The Labute approximate surface area is 202 Å². The van der Waals surface area contributed by atoms with Crippen LogP contribution in [0, 0.1) is 0 Å². The van der Waals surface area contributed by atoms with Crippen molar-refractivity contribution in [2.24, 2.45) is 0 Å². The van der Waals surface area contributed by atoms with Crippen LogP contribution in [0.25, 0.3) is 0 Å². The minimum atomic E-state index is -1.14. The zero-order valence-corrected chi connectivity index (χ0v) is 19.4. The maximum Gasteiger partial charge on any atom is 0.287 e. The van der Waals surface area contributed by atoms with Crippen LogP contribution in [0.4, 0.5) is 5.69 Å². The molecule has 9 nitrogen and oxygen atoms in total. The highest BCUT2D eigenvalue weighted by Crippen LogP contribution is 2.30. The standard InChI is InChI=1S/C26H27N3O6/c1-17(30)18-7-4-10-20(15-18)29(23(31)16-27-25(32)22-12-6-14-35-22)24(21-11-5-13-34-21)26(33)28-19-8-2-3-9-19/h4-7,10-15,19,24H,2-3,8-9,16H2,1H3,(H,27,32)(H,28,33)/t24-/m0/s1. The maximum atomic E-state index is 13.6. The molecule has 0 spiro atoms. The summed E-state index contributed by atoms with van der Waals surface area (Å²) in [7, 11) is 0. The van der Waals surface area contributed by atoms with E-state index in [1.807, 2.05) is 0 Å². The van der Waals surface area contributed by atoms with Crippen molar-refractivity contribution in [1.29, 1.82) is 0 Å². The van der Waals surface area contributed by atoms with Gasteiger partial charge in [0, 0.05) is 17.3 Å². The summed E-state index contributed by atoms with van der Waals surface area (Å²) in [5, 5.41) is 5.57. The number of hydrogen-bond donors (Lipinski definition) is 2. The summed E-state index contributed by atoms with van der Waals surface area (Å²) < 4.78 is 10.7. The first-order chi connectivity index (χ1) is 16.9. The van der Waals surface area contributed by atoms with E-state index >= 15 is 0 Å². The Bertz CT molecular complexity index is 1180. The molecule has 9 heteroatoms. The number of furan rings is 2. The topological polar surface area (TPSA) is 122 Å². The zero-order chi connectivity index (χ0) is 24.8. The van der Waals surface area contributed by atoms with Crippen LogP contribution in [0.2, 0.25) is 0 Å². The molecule has 3 aromatic rings. The van der Waals surface area contributed by atoms with Gasteiger partial charge in [-0.15, -0.1) is 0 Å².